The molecule has 3 aromatic rings. The van der Waals surface area contributed by atoms with E-state index in [4.69, 9.17) is 9.47 Å². The number of non-ortho nitro benzene ring substituents is 1. The summed E-state index contributed by atoms with van der Waals surface area (Å²) in [5, 5.41) is 19.3. The number of nitro benzene ring substituents is 1. The predicted molar refractivity (Wildman–Crippen MR) is 122 cm³/mol. The molecule has 160 valence electrons. The summed E-state index contributed by atoms with van der Waals surface area (Å²) in [6.45, 7) is 2.68. The molecule has 0 fully saturated rings. The van der Waals surface area contributed by atoms with E-state index in [1.165, 1.54) is 17.0 Å². The Bertz CT molecular complexity index is 921. The van der Waals surface area contributed by atoms with Gasteiger partial charge >= 0.3 is 0 Å². The Balaban J connectivity index is 0.00000320. The van der Waals surface area contributed by atoms with Crippen molar-refractivity contribution in [3.8, 4) is 11.5 Å². The Labute approximate surface area is 185 Å². The van der Waals surface area contributed by atoms with Crippen molar-refractivity contribution in [2.24, 2.45) is 0 Å². The highest BCUT2D eigenvalue weighted by Crippen LogP contribution is 2.29. The minimum atomic E-state index is -0.405. The summed E-state index contributed by atoms with van der Waals surface area (Å²) in [6, 6.07) is 16.4. The number of methoxy groups -OCH3 is 1. The molecule has 0 aliphatic rings. The molecule has 0 saturated carbocycles. The van der Waals surface area contributed by atoms with Crippen molar-refractivity contribution in [1.82, 2.24) is 5.32 Å². The molecule has 30 heavy (non-hydrogen) atoms. The van der Waals surface area contributed by atoms with E-state index in [0.29, 0.717) is 25.4 Å². The van der Waals surface area contributed by atoms with Gasteiger partial charge in [0.1, 0.15) is 6.61 Å². The number of anilines is 1. The zero-order valence-corrected chi connectivity index (χ0v) is 18.1. The second-order valence-corrected chi connectivity index (χ2v) is 7.29. The van der Waals surface area contributed by atoms with E-state index in [0.717, 1.165) is 23.5 Å². The maximum atomic E-state index is 10.7. The van der Waals surface area contributed by atoms with Gasteiger partial charge in [-0.15, -0.1) is 23.7 Å². The summed E-state index contributed by atoms with van der Waals surface area (Å²) in [5.74, 6) is 1.44. The Morgan fingerprint density at radius 2 is 1.87 bits per heavy atom. The van der Waals surface area contributed by atoms with Gasteiger partial charge in [-0.1, -0.05) is 12.1 Å². The van der Waals surface area contributed by atoms with Crippen LogP contribution in [0.15, 0.2) is 60.0 Å². The number of halogens is 1. The van der Waals surface area contributed by atoms with Gasteiger partial charge in [-0.2, -0.15) is 0 Å². The van der Waals surface area contributed by atoms with Crippen LogP contribution in [0.3, 0.4) is 0 Å². The van der Waals surface area contributed by atoms with Gasteiger partial charge in [-0.25, -0.2) is 0 Å². The van der Waals surface area contributed by atoms with Gasteiger partial charge in [0, 0.05) is 42.3 Å². The number of hydrogen-bond acceptors (Lipinski definition) is 7. The van der Waals surface area contributed by atoms with E-state index in [9.17, 15) is 10.1 Å². The minimum Gasteiger partial charge on any atom is -0.493 e. The third-order valence-electron chi connectivity index (χ3n) is 4.22. The summed E-state index contributed by atoms with van der Waals surface area (Å²) in [5.41, 5.74) is 2.04. The molecule has 7 nitrogen and oxygen atoms in total. The predicted octanol–water partition coefficient (Wildman–Crippen LogP) is 4.87. The minimum absolute atomic E-state index is 0. The SMILES string of the molecule is COc1cc(CNCCNc2ccc([N+](=O)[O-])cc2)ccc1OCc1cccs1.Cl. The molecule has 0 saturated heterocycles. The third kappa shape index (κ3) is 6.91. The number of benzene rings is 2. The number of nitrogens with one attached hydrogen (secondary N) is 2. The highest BCUT2D eigenvalue weighted by molar-refractivity contribution is 7.09. The normalized spacial score (nSPS) is 10.2. The third-order valence-corrected chi connectivity index (χ3v) is 5.07. The maximum absolute atomic E-state index is 10.7. The molecule has 9 heteroatoms. The summed E-state index contributed by atoms with van der Waals surface area (Å²) in [4.78, 5) is 11.4. The lowest BCUT2D eigenvalue weighted by molar-refractivity contribution is -0.384. The molecule has 0 radical (unpaired) electrons. The van der Waals surface area contributed by atoms with Gasteiger partial charge in [0.05, 0.1) is 12.0 Å². The molecule has 2 aromatic carbocycles. The molecule has 3 rings (SSSR count). The zero-order valence-electron chi connectivity index (χ0n) is 16.5. The highest BCUT2D eigenvalue weighted by Gasteiger charge is 2.07. The van der Waals surface area contributed by atoms with E-state index >= 15 is 0 Å². The van der Waals surface area contributed by atoms with Gasteiger partial charge in [0.15, 0.2) is 11.5 Å². The van der Waals surface area contributed by atoms with Crippen LogP contribution in [0, 0.1) is 10.1 Å². The van der Waals surface area contributed by atoms with E-state index in [1.807, 2.05) is 35.7 Å². The van der Waals surface area contributed by atoms with Gasteiger partial charge in [-0.05, 0) is 41.3 Å². The van der Waals surface area contributed by atoms with Crippen LogP contribution >= 0.6 is 23.7 Å². The smallest absolute Gasteiger partial charge is 0.269 e. The topological polar surface area (TPSA) is 85.7 Å². The first-order valence-corrected chi connectivity index (χ1v) is 10.0. The summed E-state index contributed by atoms with van der Waals surface area (Å²) in [6.07, 6.45) is 0. The number of rotatable bonds is 11. The summed E-state index contributed by atoms with van der Waals surface area (Å²) >= 11 is 1.66. The van der Waals surface area contributed by atoms with Crippen LogP contribution in [-0.2, 0) is 13.2 Å². The van der Waals surface area contributed by atoms with E-state index < -0.39 is 4.92 Å². The lowest BCUT2D eigenvalue weighted by Crippen LogP contribution is -2.21. The van der Waals surface area contributed by atoms with Gasteiger partial charge in [0.25, 0.3) is 5.69 Å². The van der Waals surface area contributed by atoms with Crippen molar-refractivity contribution >= 4 is 35.1 Å². The van der Waals surface area contributed by atoms with Crippen molar-refractivity contribution in [2.75, 3.05) is 25.5 Å². The van der Waals surface area contributed by atoms with Crippen molar-refractivity contribution in [3.63, 3.8) is 0 Å². The number of ether oxygens (including phenoxy) is 2. The Hall–Kier alpha value is -2.81. The first-order chi connectivity index (χ1) is 14.2. The fourth-order valence-electron chi connectivity index (χ4n) is 2.71. The molecular formula is C21H24ClN3O4S. The molecule has 0 aliphatic heterocycles. The first kappa shape index (κ1) is 23.5. The van der Waals surface area contributed by atoms with Gasteiger partial charge in [-0.3, -0.25) is 10.1 Å². The largest absolute Gasteiger partial charge is 0.493 e. The molecule has 1 aromatic heterocycles. The van der Waals surface area contributed by atoms with Crippen molar-refractivity contribution in [3.05, 3.63) is 80.5 Å². The summed E-state index contributed by atoms with van der Waals surface area (Å²) in [7, 11) is 1.64. The Kier molecular flexibility index (Phi) is 9.40. The lowest BCUT2D eigenvalue weighted by atomic mass is 10.2. The maximum Gasteiger partial charge on any atom is 0.269 e. The molecule has 2 N–H and O–H groups in total. The monoisotopic (exact) mass is 449 g/mol. The fraction of sp³-hybridized carbons (Fsp3) is 0.238. The van der Waals surface area contributed by atoms with Crippen LogP contribution in [0.5, 0.6) is 11.5 Å². The van der Waals surface area contributed by atoms with E-state index in [2.05, 4.69) is 10.6 Å². The first-order valence-electron chi connectivity index (χ1n) is 9.17. The van der Waals surface area contributed by atoms with Crippen molar-refractivity contribution < 1.29 is 14.4 Å². The van der Waals surface area contributed by atoms with Gasteiger partial charge in [0.2, 0.25) is 0 Å². The average molecular weight is 450 g/mol. The van der Waals surface area contributed by atoms with Crippen LogP contribution in [0.4, 0.5) is 11.4 Å². The van der Waals surface area contributed by atoms with Crippen LogP contribution < -0.4 is 20.1 Å². The average Bonchev–Trinajstić information content (AvgIpc) is 3.26. The number of nitrogens with zero attached hydrogens (tertiary/aromatic N) is 1. The second kappa shape index (κ2) is 12.0. The molecule has 1 heterocycles. The molecule has 0 spiro atoms. The molecule has 0 amide bonds. The molecule has 0 unspecified atom stereocenters. The van der Waals surface area contributed by atoms with Crippen LogP contribution in [0.25, 0.3) is 0 Å². The number of thiophene rings is 1. The zero-order chi connectivity index (χ0) is 20.5. The molecule has 0 bridgehead atoms. The van der Waals surface area contributed by atoms with Crippen LogP contribution in [0.1, 0.15) is 10.4 Å². The van der Waals surface area contributed by atoms with Crippen molar-refractivity contribution in [2.45, 2.75) is 13.2 Å². The van der Waals surface area contributed by atoms with E-state index in [1.54, 1.807) is 30.6 Å². The Morgan fingerprint density at radius 3 is 2.53 bits per heavy atom. The summed E-state index contributed by atoms with van der Waals surface area (Å²) < 4.78 is 11.3. The quantitative estimate of drug-likeness (QED) is 0.247. The molecular weight excluding hydrogens is 426 g/mol. The Morgan fingerprint density at radius 1 is 1.07 bits per heavy atom. The van der Waals surface area contributed by atoms with Crippen LogP contribution in [-0.4, -0.2) is 25.1 Å². The molecule has 0 aliphatic carbocycles. The van der Waals surface area contributed by atoms with Crippen molar-refractivity contribution in [1.29, 1.82) is 0 Å². The second-order valence-electron chi connectivity index (χ2n) is 6.26. The number of nitro groups is 1. The van der Waals surface area contributed by atoms with Gasteiger partial charge < -0.3 is 20.1 Å². The lowest BCUT2D eigenvalue weighted by Gasteiger charge is -2.12. The standard InChI is InChI=1S/C21H23N3O4S.ClH/c1-27-21-13-16(4-9-20(21)28-15-19-3-2-12-29-19)14-22-10-11-23-17-5-7-18(8-6-17)24(25)26;/h2-9,12-13,22-23H,10-11,14-15H2,1H3;1H. The highest BCUT2D eigenvalue weighted by atomic mass is 35.5. The number of hydrogen-bond donors (Lipinski definition) is 2. The van der Waals surface area contributed by atoms with E-state index in [-0.39, 0.29) is 18.1 Å². The molecule has 0 atom stereocenters. The fourth-order valence-corrected chi connectivity index (χ4v) is 3.33. The van der Waals surface area contributed by atoms with Crippen LogP contribution in [0.2, 0.25) is 0 Å².